The molecule has 0 saturated carbocycles. The smallest absolute Gasteiger partial charge is 0.124 e. The van der Waals surface area contributed by atoms with Gasteiger partial charge in [0, 0.05) is 11.6 Å². The van der Waals surface area contributed by atoms with Crippen molar-refractivity contribution in [1.82, 2.24) is 5.32 Å². The summed E-state index contributed by atoms with van der Waals surface area (Å²) in [4.78, 5) is 0. The van der Waals surface area contributed by atoms with Crippen LogP contribution in [0, 0.1) is 0 Å². The maximum Gasteiger partial charge on any atom is 0.124 e. The van der Waals surface area contributed by atoms with Crippen molar-refractivity contribution in [1.29, 1.82) is 0 Å². The summed E-state index contributed by atoms with van der Waals surface area (Å²) in [7, 11) is 1.64. The molecule has 88 valence electrons. The van der Waals surface area contributed by atoms with Crippen molar-refractivity contribution in [2.24, 2.45) is 0 Å². The Bertz CT molecular complexity index is 357. The first-order valence-electron chi connectivity index (χ1n) is 5.75. The SMILES string of the molecule is COc1ccccc1C(C)(O)C1CCCN1. The molecule has 3 nitrogen and oxygen atoms in total. The third-order valence-electron chi connectivity index (χ3n) is 3.39. The van der Waals surface area contributed by atoms with Crippen molar-refractivity contribution < 1.29 is 9.84 Å². The highest BCUT2D eigenvalue weighted by atomic mass is 16.5. The molecule has 0 bridgehead atoms. The fourth-order valence-corrected chi connectivity index (χ4v) is 2.41. The second kappa shape index (κ2) is 4.44. The summed E-state index contributed by atoms with van der Waals surface area (Å²) < 4.78 is 5.30. The van der Waals surface area contributed by atoms with Crippen LogP contribution in [0.5, 0.6) is 5.75 Å². The van der Waals surface area contributed by atoms with E-state index in [2.05, 4.69) is 5.32 Å². The zero-order valence-electron chi connectivity index (χ0n) is 9.86. The minimum absolute atomic E-state index is 0.115. The van der Waals surface area contributed by atoms with Crippen molar-refractivity contribution in [3.8, 4) is 5.75 Å². The van der Waals surface area contributed by atoms with Crippen LogP contribution in [0.15, 0.2) is 24.3 Å². The molecule has 3 heteroatoms. The summed E-state index contributed by atoms with van der Waals surface area (Å²) in [5.74, 6) is 0.751. The number of nitrogens with one attached hydrogen (secondary N) is 1. The number of para-hydroxylation sites is 1. The van der Waals surface area contributed by atoms with Crippen LogP contribution in [0.3, 0.4) is 0 Å². The van der Waals surface area contributed by atoms with Gasteiger partial charge in [-0.1, -0.05) is 18.2 Å². The van der Waals surface area contributed by atoms with E-state index in [-0.39, 0.29) is 6.04 Å². The summed E-state index contributed by atoms with van der Waals surface area (Å²) >= 11 is 0. The van der Waals surface area contributed by atoms with Gasteiger partial charge in [0.2, 0.25) is 0 Å². The van der Waals surface area contributed by atoms with E-state index in [4.69, 9.17) is 4.74 Å². The summed E-state index contributed by atoms with van der Waals surface area (Å²) in [5.41, 5.74) is -0.0137. The number of hydrogen-bond acceptors (Lipinski definition) is 3. The normalized spacial score (nSPS) is 24.1. The molecule has 0 spiro atoms. The van der Waals surface area contributed by atoms with E-state index < -0.39 is 5.60 Å². The molecule has 2 N–H and O–H groups in total. The van der Waals surface area contributed by atoms with Crippen LogP contribution >= 0.6 is 0 Å². The quantitative estimate of drug-likeness (QED) is 0.815. The van der Waals surface area contributed by atoms with Crippen molar-refractivity contribution in [2.75, 3.05) is 13.7 Å². The van der Waals surface area contributed by atoms with E-state index >= 15 is 0 Å². The average Bonchev–Trinajstić information content (AvgIpc) is 2.83. The predicted molar refractivity (Wildman–Crippen MR) is 63.6 cm³/mol. The molecule has 1 fully saturated rings. The molecular formula is C13H19NO2. The van der Waals surface area contributed by atoms with Gasteiger partial charge in [-0.05, 0) is 32.4 Å². The number of ether oxygens (including phenoxy) is 1. The van der Waals surface area contributed by atoms with E-state index in [1.54, 1.807) is 7.11 Å². The molecular weight excluding hydrogens is 202 g/mol. The third kappa shape index (κ3) is 1.93. The minimum Gasteiger partial charge on any atom is -0.496 e. The van der Waals surface area contributed by atoms with Crippen molar-refractivity contribution in [3.05, 3.63) is 29.8 Å². The van der Waals surface area contributed by atoms with Crippen LogP contribution < -0.4 is 10.1 Å². The standard InChI is InChI=1S/C13H19NO2/c1-13(15,12-8-5-9-14-12)10-6-3-4-7-11(10)16-2/h3-4,6-7,12,14-15H,5,8-9H2,1-2H3. The van der Waals surface area contributed by atoms with E-state index in [0.717, 1.165) is 30.7 Å². The van der Waals surface area contributed by atoms with E-state index in [0.29, 0.717) is 0 Å². The second-order valence-electron chi connectivity index (χ2n) is 4.50. The Morgan fingerprint density at radius 3 is 2.81 bits per heavy atom. The van der Waals surface area contributed by atoms with Gasteiger partial charge in [-0.25, -0.2) is 0 Å². The van der Waals surface area contributed by atoms with E-state index in [1.807, 2.05) is 31.2 Å². The largest absolute Gasteiger partial charge is 0.496 e. The van der Waals surface area contributed by atoms with Gasteiger partial charge in [-0.2, -0.15) is 0 Å². The van der Waals surface area contributed by atoms with E-state index in [1.165, 1.54) is 0 Å². The fraction of sp³-hybridized carbons (Fsp3) is 0.538. The van der Waals surface area contributed by atoms with Crippen molar-refractivity contribution in [2.45, 2.75) is 31.4 Å². The summed E-state index contributed by atoms with van der Waals surface area (Å²) in [5, 5.41) is 14.0. The highest BCUT2D eigenvalue weighted by molar-refractivity contribution is 5.38. The monoisotopic (exact) mass is 221 g/mol. The van der Waals surface area contributed by atoms with Crippen molar-refractivity contribution >= 4 is 0 Å². The van der Waals surface area contributed by atoms with Gasteiger partial charge in [0.15, 0.2) is 0 Å². The third-order valence-corrected chi connectivity index (χ3v) is 3.39. The zero-order chi connectivity index (χ0) is 11.6. The summed E-state index contributed by atoms with van der Waals surface area (Å²) in [6, 6.07) is 7.78. The lowest BCUT2D eigenvalue weighted by Gasteiger charge is -2.31. The topological polar surface area (TPSA) is 41.5 Å². The zero-order valence-corrected chi connectivity index (χ0v) is 9.86. The lowest BCUT2D eigenvalue weighted by Crippen LogP contribution is -2.43. The first-order valence-corrected chi connectivity index (χ1v) is 5.75. The van der Waals surface area contributed by atoms with Crippen molar-refractivity contribution in [3.63, 3.8) is 0 Å². The van der Waals surface area contributed by atoms with Gasteiger partial charge in [-0.3, -0.25) is 0 Å². The Hall–Kier alpha value is -1.06. The Morgan fingerprint density at radius 1 is 1.44 bits per heavy atom. The first kappa shape index (κ1) is 11.4. The second-order valence-corrected chi connectivity index (χ2v) is 4.50. The Balaban J connectivity index is 2.33. The van der Waals surface area contributed by atoms with Gasteiger partial charge in [0.05, 0.1) is 7.11 Å². The molecule has 1 aromatic carbocycles. The fourth-order valence-electron chi connectivity index (χ4n) is 2.41. The lowest BCUT2D eigenvalue weighted by atomic mass is 9.86. The molecule has 1 aliphatic rings. The maximum absolute atomic E-state index is 10.7. The van der Waals surface area contributed by atoms with Gasteiger partial charge in [-0.15, -0.1) is 0 Å². The number of aliphatic hydroxyl groups is 1. The molecule has 1 heterocycles. The van der Waals surface area contributed by atoms with Gasteiger partial charge < -0.3 is 15.2 Å². The van der Waals surface area contributed by atoms with Gasteiger partial charge in [0.1, 0.15) is 11.4 Å². The van der Waals surface area contributed by atoms with Crippen LogP contribution in [0.25, 0.3) is 0 Å². The molecule has 0 radical (unpaired) electrons. The first-order chi connectivity index (χ1) is 7.66. The van der Waals surface area contributed by atoms with Gasteiger partial charge in [0.25, 0.3) is 0 Å². The molecule has 0 aromatic heterocycles. The Labute approximate surface area is 96.4 Å². The van der Waals surface area contributed by atoms with Crippen LogP contribution in [-0.4, -0.2) is 24.8 Å². The number of hydrogen-bond donors (Lipinski definition) is 2. The number of rotatable bonds is 3. The molecule has 1 saturated heterocycles. The minimum atomic E-state index is -0.872. The van der Waals surface area contributed by atoms with E-state index in [9.17, 15) is 5.11 Å². The lowest BCUT2D eigenvalue weighted by molar-refractivity contribution is 0.0197. The molecule has 1 aromatic rings. The molecule has 16 heavy (non-hydrogen) atoms. The summed E-state index contributed by atoms with van der Waals surface area (Å²) in [6.07, 6.45) is 2.13. The number of methoxy groups -OCH3 is 1. The Kier molecular flexibility index (Phi) is 3.17. The van der Waals surface area contributed by atoms with Gasteiger partial charge >= 0.3 is 0 Å². The highest BCUT2D eigenvalue weighted by Crippen LogP contribution is 2.34. The van der Waals surface area contributed by atoms with Crippen LogP contribution in [0.1, 0.15) is 25.3 Å². The Morgan fingerprint density at radius 2 is 2.19 bits per heavy atom. The molecule has 0 aliphatic carbocycles. The average molecular weight is 221 g/mol. The van der Waals surface area contributed by atoms with Crippen LogP contribution in [0.2, 0.25) is 0 Å². The molecule has 2 rings (SSSR count). The molecule has 0 amide bonds. The molecule has 1 aliphatic heterocycles. The van der Waals surface area contributed by atoms with Crippen LogP contribution in [0.4, 0.5) is 0 Å². The maximum atomic E-state index is 10.7. The predicted octanol–water partition coefficient (Wildman–Crippen LogP) is 1.65. The summed E-state index contributed by atoms with van der Waals surface area (Å²) in [6.45, 7) is 2.84. The molecule has 2 unspecified atom stereocenters. The highest BCUT2D eigenvalue weighted by Gasteiger charge is 2.37. The molecule has 2 atom stereocenters. The number of benzene rings is 1. The van der Waals surface area contributed by atoms with Crippen LogP contribution in [-0.2, 0) is 5.60 Å².